The summed E-state index contributed by atoms with van der Waals surface area (Å²) < 4.78 is 36.9. The molecule has 1 aliphatic carbocycles. The predicted octanol–water partition coefficient (Wildman–Crippen LogP) is 5.25. The predicted molar refractivity (Wildman–Crippen MR) is 113 cm³/mol. The van der Waals surface area contributed by atoms with E-state index in [1.165, 1.54) is 11.0 Å². The molecule has 1 atom stereocenters. The van der Waals surface area contributed by atoms with Gasteiger partial charge in [0.05, 0.1) is 11.0 Å². The topological polar surface area (TPSA) is 52.6 Å². The molecule has 4 nitrogen and oxygen atoms in total. The van der Waals surface area contributed by atoms with Gasteiger partial charge in [-0.1, -0.05) is 42.0 Å². The minimum absolute atomic E-state index is 0.208. The number of benzene rings is 3. The Kier molecular flexibility index (Phi) is 4.45. The van der Waals surface area contributed by atoms with Crippen molar-refractivity contribution in [1.82, 2.24) is 0 Å². The molecule has 0 N–H and O–H groups in total. The minimum atomic E-state index is -3.77. The van der Waals surface area contributed by atoms with Crippen molar-refractivity contribution in [3.8, 4) is 5.75 Å². The highest BCUT2D eigenvalue weighted by atomic mass is 32.2. The van der Waals surface area contributed by atoms with Crippen molar-refractivity contribution in [3.05, 3.63) is 77.4 Å². The fourth-order valence-electron chi connectivity index (χ4n) is 4.21. The van der Waals surface area contributed by atoms with Crippen molar-refractivity contribution < 1.29 is 17.3 Å². The number of ether oxygens (including phenoxy) is 1. The van der Waals surface area contributed by atoms with Gasteiger partial charge in [-0.15, -0.1) is 0 Å². The lowest BCUT2D eigenvalue weighted by atomic mass is 9.84. The van der Waals surface area contributed by atoms with E-state index in [0.717, 1.165) is 34.3 Å². The van der Waals surface area contributed by atoms with Gasteiger partial charge in [0, 0.05) is 5.56 Å². The highest BCUT2D eigenvalue weighted by Gasteiger charge is 2.31. The maximum absolute atomic E-state index is 12.6. The van der Waals surface area contributed by atoms with Crippen LogP contribution in [0.2, 0.25) is 0 Å². The molecule has 0 aromatic heterocycles. The molecule has 3 aromatic carbocycles. The van der Waals surface area contributed by atoms with Crippen molar-refractivity contribution in [2.24, 2.45) is 0 Å². The zero-order valence-corrected chi connectivity index (χ0v) is 17.0. The van der Waals surface area contributed by atoms with Gasteiger partial charge >= 0.3 is 0 Å². The molecule has 29 heavy (non-hydrogen) atoms. The van der Waals surface area contributed by atoms with E-state index in [1.54, 1.807) is 24.3 Å². The Morgan fingerprint density at radius 1 is 1.00 bits per heavy atom. The summed E-state index contributed by atoms with van der Waals surface area (Å²) in [6.45, 7) is 2.42. The molecular formula is C24H22O4S. The van der Waals surface area contributed by atoms with Gasteiger partial charge in [-0.05, 0) is 72.4 Å². The Balaban J connectivity index is 1.41. The van der Waals surface area contributed by atoms with E-state index in [-0.39, 0.29) is 11.0 Å². The Hall–Kier alpha value is -2.63. The van der Waals surface area contributed by atoms with Crippen LogP contribution in [0, 0.1) is 6.92 Å². The summed E-state index contributed by atoms with van der Waals surface area (Å²) in [7, 11) is -3.77. The summed E-state index contributed by atoms with van der Waals surface area (Å²) in [5.41, 5.74) is 4.57. The van der Waals surface area contributed by atoms with Crippen molar-refractivity contribution in [2.75, 3.05) is 6.61 Å². The lowest BCUT2D eigenvalue weighted by molar-refractivity contribution is 0.188. The van der Waals surface area contributed by atoms with Gasteiger partial charge in [0.2, 0.25) is 0 Å². The van der Waals surface area contributed by atoms with Crippen LogP contribution < -0.4 is 4.74 Å². The van der Waals surface area contributed by atoms with Crippen molar-refractivity contribution >= 4 is 26.5 Å². The summed E-state index contributed by atoms with van der Waals surface area (Å²) in [4.78, 5) is 0.208. The largest absolute Gasteiger partial charge is 0.489 e. The second-order valence-corrected chi connectivity index (χ2v) is 9.37. The third-order valence-electron chi connectivity index (χ3n) is 5.76. The molecule has 1 unspecified atom stereocenters. The fourth-order valence-corrected chi connectivity index (χ4v) is 5.32. The summed E-state index contributed by atoms with van der Waals surface area (Å²) in [6, 6.07) is 19.3. The normalized spacial score (nSPS) is 18.9. The van der Waals surface area contributed by atoms with E-state index in [2.05, 4.69) is 24.3 Å². The monoisotopic (exact) mass is 406 g/mol. The standard InChI is InChI=1S/C24H22O4S/c1-16-6-9-21(10-7-16)29(25,26)28-20-8-11-22-19(12-20)15-27-24-14-18-5-3-2-4-17(18)13-23(22)24/h2-7,9-10,13-14,20H,8,11-12,15H2,1H3. The van der Waals surface area contributed by atoms with Gasteiger partial charge < -0.3 is 4.74 Å². The second kappa shape index (κ2) is 7.01. The van der Waals surface area contributed by atoms with Gasteiger partial charge in [-0.3, -0.25) is 4.18 Å². The van der Waals surface area contributed by atoms with Crippen molar-refractivity contribution in [1.29, 1.82) is 0 Å². The van der Waals surface area contributed by atoms with Gasteiger partial charge in [0.15, 0.2) is 0 Å². The highest BCUT2D eigenvalue weighted by Crippen LogP contribution is 2.43. The lowest BCUT2D eigenvalue weighted by Crippen LogP contribution is -2.26. The molecule has 1 aliphatic heterocycles. The zero-order chi connectivity index (χ0) is 20.0. The highest BCUT2D eigenvalue weighted by molar-refractivity contribution is 7.86. The average Bonchev–Trinajstić information content (AvgIpc) is 2.72. The Morgan fingerprint density at radius 3 is 2.48 bits per heavy atom. The molecule has 0 saturated heterocycles. The molecule has 2 aliphatic rings. The van der Waals surface area contributed by atoms with Gasteiger partial charge in [0.25, 0.3) is 10.1 Å². The molecule has 148 valence electrons. The summed E-state index contributed by atoms with van der Waals surface area (Å²) >= 11 is 0. The quantitative estimate of drug-likeness (QED) is 0.557. The second-order valence-electron chi connectivity index (χ2n) is 7.79. The van der Waals surface area contributed by atoms with E-state index in [4.69, 9.17) is 8.92 Å². The van der Waals surface area contributed by atoms with E-state index < -0.39 is 10.1 Å². The molecule has 1 heterocycles. The number of allylic oxidation sites excluding steroid dienone is 1. The number of fused-ring (bicyclic) bond motifs is 3. The van der Waals surface area contributed by atoms with Crippen LogP contribution in [0.3, 0.4) is 0 Å². The first-order valence-corrected chi connectivity index (χ1v) is 11.3. The smallest absolute Gasteiger partial charge is 0.297 e. The molecule has 5 heteroatoms. The third-order valence-corrected chi connectivity index (χ3v) is 7.14. The summed E-state index contributed by atoms with van der Waals surface area (Å²) in [6.07, 6.45) is 1.69. The minimum Gasteiger partial charge on any atom is -0.489 e. The van der Waals surface area contributed by atoms with Crippen molar-refractivity contribution in [3.63, 3.8) is 0 Å². The van der Waals surface area contributed by atoms with E-state index >= 15 is 0 Å². The van der Waals surface area contributed by atoms with Crippen molar-refractivity contribution in [2.45, 2.75) is 37.2 Å². The summed E-state index contributed by atoms with van der Waals surface area (Å²) in [5.74, 6) is 0.911. The van der Waals surface area contributed by atoms with E-state index in [0.29, 0.717) is 19.4 Å². The lowest BCUT2D eigenvalue weighted by Gasteiger charge is -2.31. The van der Waals surface area contributed by atoms with Gasteiger partial charge in [-0.2, -0.15) is 8.42 Å². The number of hydrogen-bond donors (Lipinski definition) is 0. The fraction of sp³-hybridized carbons (Fsp3) is 0.250. The SMILES string of the molecule is Cc1ccc(S(=O)(=O)OC2CCC3=C(COc4cc5ccccc5cc43)C2)cc1. The molecule has 3 aromatic rings. The molecule has 0 fully saturated rings. The number of rotatable bonds is 3. The Labute approximate surface area is 170 Å². The zero-order valence-electron chi connectivity index (χ0n) is 16.2. The first-order chi connectivity index (χ1) is 14.0. The number of hydrogen-bond acceptors (Lipinski definition) is 4. The average molecular weight is 407 g/mol. The van der Waals surface area contributed by atoms with Crippen LogP contribution in [0.1, 0.15) is 30.4 Å². The van der Waals surface area contributed by atoms with Crippen LogP contribution in [-0.4, -0.2) is 21.1 Å². The maximum atomic E-state index is 12.6. The van der Waals surface area contributed by atoms with Crippen LogP contribution in [0.5, 0.6) is 5.75 Å². The van der Waals surface area contributed by atoms with Crippen LogP contribution in [0.4, 0.5) is 0 Å². The molecule has 0 saturated carbocycles. The molecule has 0 amide bonds. The molecule has 0 spiro atoms. The Bertz CT molecular complexity index is 1220. The van der Waals surface area contributed by atoms with Crippen LogP contribution in [0.15, 0.2) is 71.1 Å². The first kappa shape index (κ1) is 18.4. The van der Waals surface area contributed by atoms with Crippen LogP contribution >= 0.6 is 0 Å². The van der Waals surface area contributed by atoms with Crippen LogP contribution in [-0.2, 0) is 14.3 Å². The summed E-state index contributed by atoms with van der Waals surface area (Å²) in [5, 5.41) is 2.35. The third kappa shape index (κ3) is 3.45. The first-order valence-electron chi connectivity index (χ1n) is 9.86. The maximum Gasteiger partial charge on any atom is 0.297 e. The molecule has 0 radical (unpaired) electrons. The molecule has 0 bridgehead atoms. The molecular weight excluding hydrogens is 384 g/mol. The Morgan fingerprint density at radius 2 is 1.72 bits per heavy atom. The molecule has 5 rings (SSSR count). The van der Waals surface area contributed by atoms with E-state index in [1.807, 2.05) is 19.1 Å². The van der Waals surface area contributed by atoms with E-state index in [9.17, 15) is 8.42 Å². The van der Waals surface area contributed by atoms with Gasteiger partial charge in [-0.25, -0.2) is 0 Å². The van der Waals surface area contributed by atoms with Crippen LogP contribution in [0.25, 0.3) is 16.3 Å². The number of aryl methyl sites for hydroxylation is 1. The van der Waals surface area contributed by atoms with Gasteiger partial charge in [0.1, 0.15) is 12.4 Å².